The summed E-state index contributed by atoms with van der Waals surface area (Å²) in [6.07, 6.45) is 0.894. The zero-order chi connectivity index (χ0) is 10.7. The maximum atomic E-state index is 11.7. The Hall–Kier alpha value is -0.620. The van der Waals surface area contributed by atoms with Gasteiger partial charge in [0.05, 0.1) is 12.6 Å². The van der Waals surface area contributed by atoms with Gasteiger partial charge >= 0.3 is 6.03 Å². The molecule has 0 aliphatic carbocycles. The summed E-state index contributed by atoms with van der Waals surface area (Å²) < 4.78 is 16.3. The second-order valence-corrected chi connectivity index (χ2v) is 5.54. The predicted octanol–water partition coefficient (Wildman–Crippen LogP) is -0.451. The number of nitrogens with zero attached hydrogens (tertiary/aromatic N) is 1. The van der Waals surface area contributed by atoms with Crippen molar-refractivity contribution < 1.29 is 13.7 Å². The molecule has 2 fully saturated rings. The molecule has 86 valence electrons. The van der Waals surface area contributed by atoms with Crippen molar-refractivity contribution in [2.24, 2.45) is 0 Å². The molecular formula is C9H16N2O3S. The molecule has 2 heterocycles. The molecule has 0 aromatic rings. The van der Waals surface area contributed by atoms with Crippen LogP contribution in [-0.2, 0) is 15.5 Å². The van der Waals surface area contributed by atoms with Gasteiger partial charge in [0.15, 0.2) is 0 Å². The van der Waals surface area contributed by atoms with E-state index in [1.807, 2.05) is 0 Å². The maximum Gasteiger partial charge on any atom is 0.317 e. The van der Waals surface area contributed by atoms with Crippen molar-refractivity contribution in [2.45, 2.75) is 12.5 Å². The van der Waals surface area contributed by atoms with Crippen molar-refractivity contribution in [3.8, 4) is 0 Å². The van der Waals surface area contributed by atoms with Crippen LogP contribution in [0.1, 0.15) is 6.42 Å². The van der Waals surface area contributed by atoms with E-state index in [2.05, 4.69) is 5.32 Å². The van der Waals surface area contributed by atoms with Crippen LogP contribution >= 0.6 is 0 Å². The van der Waals surface area contributed by atoms with E-state index >= 15 is 0 Å². The van der Waals surface area contributed by atoms with E-state index in [0.717, 1.165) is 13.0 Å². The average Bonchev–Trinajstić information content (AvgIpc) is 2.71. The number of ether oxygens (including phenoxy) is 1. The fourth-order valence-corrected chi connectivity index (χ4v) is 2.81. The molecule has 2 rings (SSSR count). The molecule has 2 aliphatic rings. The minimum atomic E-state index is -0.728. The summed E-state index contributed by atoms with van der Waals surface area (Å²) in [7, 11) is -0.728. The molecule has 1 unspecified atom stereocenters. The predicted molar refractivity (Wildman–Crippen MR) is 57.2 cm³/mol. The van der Waals surface area contributed by atoms with Gasteiger partial charge in [-0.3, -0.25) is 4.21 Å². The van der Waals surface area contributed by atoms with Crippen LogP contribution in [0.3, 0.4) is 0 Å². The lowest BCUT2D eigenvalue weighted by Gasteiger charge is -2.27. The Bertz CT molecular complexity index is 256. The van der Waals surface area contributed by atoms with Gasteiger partial charge < -0.3 is 15.0 Å². The minimum absolute atomic E-state index is 0.0396. The minimum Gasteiger partial charge on any atom is -0.379 e. The van der Waals surface area contributed by atoms with Gasteiger partial charge in [-0.25, -0.2) is 4.79 Å². The van der Waals surface area contributed by atoms with Gasteiger partial charge in [-0.15, -0.1) is 0 Å². The van der Waals surface area contributed by atoms with Gasteiger partial charge in [-0.05, 0) is 6.42 Å². The van der Waals surface area contributed by atoms with Gasteiger partial charge in [0, 0.05) is 42.0 Å². The van der Waals surface area contributed by atoms with E-state index in [1.165, 1.54) is 0 Å². The lowest BCUT2D eigenvalue weighted by molar-refractivity contribution is 0.180. The summed E-state index contributed by atoms with van der Waals surface area (Å²) >= 11 is 0. The van der Waals surface area contributed by atoms with Crippen LogP contribution in [0.5, 0.6) is 0 Å². The monoisotopic (exact) mass is 232 g/mol. The smallest absolute Gasteiger partial charge is 0.317 e. The second kappa shape index (κ2) is 4.94. The molecule has 0 aromatic carbocycles. The Morgan fingerprint density at radius 3 is 2.73 bits per heavy atom. The first-order valence-electron chi connectivity index (χ1n) is 5.24. The van der Waals surface area contributed by atoms with Crippen molar-refractivity contribution in [3.63, 3.8) is 0 Å². The summed E-state index contributed by atoms with van der Waals surface area (Å²) in [6, 6.07) is 0.118. The number of amides is 2. The molecule has 1 N–H and O–H groups in total. The number of carbonyl (C=O) groups is 1. The highest BCUT2D eigenvalue weighted by Crippen LogP contribution is 2.05. The summed E-state index contributed by atoms with van der Waals surface area (Å²) in [6.45, 7) is 2.55. The third kappa shape index (κ3) is 2.92. The van der Waals surface area contributed by atoms with Crippen molar-refractivity contribution in [3.05, 3.63) is 0 Å². The SMILES string of the molecule is O=C(NC1CCOC1)N1CCS(=O)CC1. The highest BCUT2D eigenvalue weighted by Gasteiger charge is 2.23. The van der Waals surface area contributed by atoms with Crippen molar-refractivity contribution in [1.82, 2.24) is 10.2 Å². The average molecular weight is 232 g/mol. The summed E-state index contributed by atoms with van der Waals surface area (Å²) in [5.41, 5.74) is 0. The molecular weight excluding hydrogens is 216 g/mol. The zero-order valence-corrected chi connectivity index (χ0v) is 9.42. The first-order valence-corrected chi connectivity index (χ1v) is 6.72. The third-order valence-electron chi connectivity index (χ3n) is 2.72. The topological polar surface area (TPSA) is 58.6 Å². The van der Waals surface area contributed by atoms with Crippen LogP contribution in [0.15, 0.2) is 0 Å². The molecule has 2 amide bonds. The van der Waals surface area contributed by atoms with E-state index in [9.17, 15) is 9.00 Å². The second-order valence-electron chi connectivity index (χ2n) is 3.85. The molecule has 0 aromatic heterocycles. The fraction of sp³-hybridized carbons (Fsp3) is 0.889. The number of carbonyl (C=O) groups excluding carboxylic acids is 1. The standard InChI is InChI=1S/C9H16N2O3S/c12-9(10-8-1-4-14-7-8)11-2-5-15(13)6-3-11/h8H,1-7H2,(H,10,12). The Labute approximate surface area is 91.6 Å². The molecule has 2 saturated heterocycles. The molecule has 1 atom stereocenters. The van der Waals surface area contributed by atoms with E-state index in [-0.39, 0.29) is 12.1 Å². The molecule has 6 heteroatoms. The number of nitrogens with one attached hydrogen (secondary N) is 1. The van der Waals surface area contributed by atoms with Gasteiger partial charge in [0.25, 0.3) is 0 Å². The maximum absolute atomic E-state index is 11.7. The van der Waals surface area contributed by atoms with Gasteiger partial charge in [0.1, 0.15) is 0 Å². The first-order chi connectivity index (χ1) is 7.25. The van der Waals surface area contributed by atoms with E-state index in [1.54, 1.807) is 4.90 Å². The number of hydrogen-bond donors (Lipinski definition) is 1. The fourth-order valence-electron chi connectivity index (χ4n) is 1.76. The summed E-state index contributed by atoms with van der Waals surface area (Å²) in [5, 5.41) is 2.93. The Morgan fingerprint density at radius 2 is 2.13 bits per heavy atom. The quantitative estimate of drug-likeness (QED) is 0.666. The Morgan fingerprint density at radius 1 is 1.40 bits per heavy atom. The molecule has 5 nitrogen and oxygen atoms in total. The molecule has 0 bridgehead atoms. The number of urea groups is 1. The van der Waals surface area contributed by atoms with Crippen LogP contribution in [0.25, 0.3) is 0 Å². The number of hydrogen-bond acceptors (Lipinski definition) is 3. The highest BCUT2D eigenvalue weighted by molar-refractivity contribution is 7.85. The van der Waals surface area contributed by atoms with Crippen LogP contribution in [0, 0.1) is 0 Å². The number of rotatable bonds is 1. The normalized spacial score (nSPS) is 28.0. The highest BCUT2D eigenvalue weighted by atomic mass is 32.2. The lowest BCUT2D eigenvalue weighted by atomic mass is 10.3. The van der Waals surface area contributed by atoms with Gasteiger partial charge in [-0.1, -0.05) is 0 Å². The first kappa shape index (κ1) is 10.9. The molecule has 0 radical (unpaired) electrons. The Balaban J connectivity index is 1.77. The zero-order valence-electron chi connectivity index (χ0n) is 8.61. The van der Waals surface area contributed by atoms with Crippen LogP contribution < -0.4 is 5.32 Å². The molecule has 15 heavy (non-hydrogen) atoms. The van der Waals surface area contributed by atoms with Crippen molar-refractivity contribution in [2.75, 3.05) is 37.8 Å². The lowest BCUT2D eigenvalue weighted by Crippen LogP contribution is -2.49. The molecule has 0 saturated carbocycles. The van der Waals surface area contributed by atoms with Crippen molar-refractivity contribution >= 4 is 16.8 Å². The van der Waals surface area contributed by atoms with Crippen molar-refractivity contribution in [1.29, 1.82) is 0 Å². The van der Waals surface area contributed by atoms with E-state index in [4.69, 9.17) is 4.74 Å². The van der Waals surface area contributed by atoms with Crippen LogP contribution in [0.4, 0.5) is 4.79 Å². The Kier molecular flexibility index (Phi) is 3.58. The summed E-state index contributed by atoms with van der Waals surface area (Å²) in [5.74, 6) is 1.21. The largest absolute Gasteiger partial charge is 0.379 e. The van der Waals surface area contributed by atoms with E-state index < -0.39 is 10.8 Å². The van der Waals surface area contributed by atoms with Gasteiger partial charge in [0.2, 0.25) is 0 Å². The molecule has 0 spiro atoms. The summed E-state index contributed by atoms with van der Waals surface area (Å²) in [4.78, 5) is 13.5. The third-order valence-corrected chi connectivity index (χ3v) is 4.00. The van der Waals surface area contributed by atoms with E-state index in [0.29, 0.717) is 31.2 Å². The van der Waals surface area contributed by atoms with Crippen LogP contribution in [0.2, 0.25) is 0 Å². The van der Waals surface area contributed by atoms with Gasteiger partial charge in [-0.2, -0.15) is 0 Å². The van der Waals surface area contributed by atoms with Crippen LogP contribution in [-0.4, -0.2) is 59.0 Å². The molecule has 2 aliphatic heterocycles.